The first-order valence-corrected chi connectivity index (χ1v) is 9.88. The number of rotatable bonds is 6. The number of amides is 2. The van der Waals surface area contributed by atoms with Crippen LogP contribution in [0.1, 0.15) is 41.9 Å². The van der Waals surface area contributed by atoms with E-state index in [0.29, 0.717) is 17.7 Å². The minimum atomic E-state index is -0.570. The molecule has 2 heterocycles. The van der Waals surface area contributed by atoms with Crippen LogP contribution >= 0.6 is 0 Å². The maximum atomic E-state index is 12.9. The van der Waals surface area contributed by atoms with E-state index in [1.807, 2.05) is 38.1 Å². The zero-order valence-electron chi connectivity index (χ0n) is 17.5. The summed E-state index contributed by atoms with van der Waals surface area (Å²) < 4.78 is 10.6. The van der Waals surface area contributed by atoms with Crippen molar-refractivity contribution in [1.82, 2.24) is 15.6 Å². The van der Waals surface area contributed by atoms with Gasteiger partial charge in [0.2, 0.25) is 0 Å². The summed E-state index contributed by atoms with van der Waals surface area (Å²) in [6, 6.07) is 6.58. The van der Waals surface area contributed by atoms with Gasteiger partial charge in [-0.25, -0.2) is 14.4 Å². The number of urea groups is 1. The standard InChI is InChI=1S/C22H25N3O5/c1-5-15-19(21(27)29-6-2)17(25-22(28)24-15)11-30-20(26)18-12(3)14-9-7-8-10-16(14)23-13(18)4/h7-10,15H,5-6,11H2,1-4H3,(H2,24,25,28)/t15-/m1/s1. The number of aryl methyl sites for hydroxylation is 2. The summed E-state index contributed by atoms with van der Waals surface area (Å²) in [5, 5.41) is 6.12. The number of carbonyl (C=O) groups excluding carboxylic acids is 3. The number of fused-ring (bicyclic) bond motifs is 1. The Morgan fingerprint density at radius 2 is 1.83 bits per heavy atom. The minimum absolute atomic E-state index is 0.195. The summed E-state index contributed by atoms with van der Waals surface area (Å²) in [6.45, 7) is 7.07. The van der Waals surface area contributed by atoms with Crippen LogP contribution in [0, 0.1) is 13.8 Å². The Morgan fingerprint density at radius 3 is 2.53 bits per heavy atom. The third-order valence-corrected chi connectivity index (χ3v) is 5.03. The highest BCUT2D eigenvalue weighted by Gasteiger charge is 2.32. The molecule has 1 aromatic heterocycles. The molecule has 0 bridgehead atoms. The van der Waals surface area contributed by atoms with Gasteiger partial charge in [-0.3, -0.25) is 4.98 Å². The van der Waals surface area contributed by atoms with Gasteiger partial charge in [-0.05, 0) is 38.8 Å². The molecule has 0 radical (unpaired) electrons. The molecule has 0 aliphatic carbocycles. The van der Waals surface area contributed by atoms with E-state index in [-0.39, 0.29) is 24.5 Å². The first-order chi connectivity index (χ1) is 14.4. The Labute approximate surface area is 174 Å². The number of ether oxygens (including phenoxy) is 2. The fourth-order valence-electron chi connectivity index (χ4n) is 3.62. The van der Waals surface area contributed by atoms with Crippen molar-refractivity contribution >= 4 is 28.9 Å². The van der Waals surface area contributed by atoms with Crippen molar-refractivity contribution in [3.8, 4) is 0 Å². The van der Waals surface area contributed by atoms with E-state index in [2.05, 4.69) is 15.6 Å². The van der Waals surface area contributed by atoms with E-state index in [9.17, 15) is 14.4 Å². The van der Waals surface area contributed by atoms with Gasteiger partial charge < -0.3 is 20.1 Å². The van der Waals surface area contributed by atoms with Gasteiger partial charge in [-0.15, -0.1) is 0 Å². The number of pyridine rings is 1. The molecule has 0 saturated heterocycles. The number of hydrogen-bond donors (Lipinski definition) is 2. The molecule has 158 valence electrons. The average Bonchev–Trinajstić information content (AvgIpc) is 2.71. The summed E-state index contributed by atoms with van der Waals surface area (Å²) in [6.07, 6.45) is 0.492. The van der Waals surface area contributed by atoms with Gasteiger partial charge in [-0.1, -0.05) is 25.1 Å². The first-order valence-electron chi connectivity index (χ1n) is 9.88. The van der Waals surface area contributed by atoms with Crippen molar-refractivity contribution in [2.24, 2.45) is 0 Å². The predicted octanol–water partition coefficient (Wildman–Crippen LogP) is 2.92. The minimum Gasteiger partial charge on any atom is -0.463 e. The van der Waals surface area contributed by atoms with Gasteiger partial charge in [0, 0.05) is 5.39 Å². The molecule has 2 amide bonds. The first kappa shape index (κ1) is 21.3. The number of para-hydroxylation sites is 1. The van der Waals surface area contributed by atoms with Crippen LogP contribution in [0.3, 0.4) is 0 Å². The normalized spacial score (nSPS) is 16.1. The fourth-order valence-corrected chi connectivity index (χ4v) is 3.62. The van der Waals surface area contributed by atoms with Gasteiger partial charge in [-0.2, -0.15) is 0 Å². The Bertz CT molecular complexity index is 1040. The lowest BCUT2D eigenvalue weighted by Crippen LogP contribution is -2.51. The number of nitrogens with zero attached hydrogens (tertiary/aromatic N) is 1. The Kier molecular flexibility index (Phi) is 6.34. The highest BCUT2D eigenvalue weighted by molar-refractivity contribution is 5.99. The van der Waals surface area contributed by atoms with Crippen LogP contribution in [0.5, 0.6) is 0 Å². The van der Waals surface area contributed by atoms with Crippen LogP contribution < -0.4 is 10.6 Å². The van der Waals surface area contributed by atoms with Crippen molar-refractivity contribution in [2.45, 2.75) is 40.2 Å². The van der Waals surface area contributed by atoms with Crippen LogP contribution in [0.2, 0.25) is 0 Å². The average molecular weight is 411 g/mol. The van der Waals surface area contributed by atoms with Crippen molar-refractivity contribution in [3.05, 3.63) is 52.4 Å². The summed E-state index contributed by atoms with van der Waals surface area (Å²) in [5.41, 5.74) is 2.98. The van der Waals surface area contributed by atoms with Crippen LogP contribution in [-0.2, 0) is 14.3 Å². The molecule has 2 N–H and O–H groups in total. The molecule has 0 unspecified atom stereocenters. The molecular weight excluding hydrogens is 386 g/mol. The SMILES string of the molecule is CCOC(=O)C1=C(COC(=O)c2c(C)nc3ccccc3c2C)NC(=O)N[C@@H]1CC. The second-order valence-electron chi connectivity index (χ2n) is 6.96. The van der Waals surface area contributed by atoms with E-state index in [1.165, 1.54) is 0 Å². The molecule has 2 aromatic rings. The molecule has 1 atom stereocenters. The third-order valence-electron chi connectivity index (χ3n) is 5.03. The predicted molar refractivity (Wildman–Crippen MR) is 111 cm³/mol. The molecular formula is C22H25N3O5. The van der Waals surface area contributed by atoms with E-state index >= 15 is 0 Å². The molecule has 1 aliphatic rings. The van der Waals surface area contributed by atoms with Crippen molar-refractivity contribution < 1.29 is 23.9 Å². The lowest BCUT2D eigenvalue weighted by molar-refractivity contribution is -0.139. The van der Waals surface area contributed by atoms with Crippen molar-refractivity contribution in [2.75, 3.05) is 13.2 Å². The molecule has 8 nitrogen and oxygen atoms in total. The molecule has 0 saturated carbocycles. The second kappa shape index (κ2) is 8.94. The Hall–Kier alpha value is -3.42. The molecule has 30 heavy (non-hydrogen) atoms. The molecule has 8 heteroatoms. The lowest BCUT2D eigenvalue weighted by atomic mass is 10.0. The number of nitrogens with one attached hydrogen (secondary N) is 2. The van der Waals surface area contributed by atoms with Gasteiger partial charge >= 0.3 is 18.0 Å². The summed E-state index contributed by atoms with van der Waals surface area (Å²) in [7, 11) is 0. The maximum Gasteiger partial charge on any atom is 0.340 e. The van der Waals surface area contributed by atoms with E-state index in [4.69, 9.17) is 9.47 Å². The Balaban J connectivity index is 1.90. The number of aromatic nitrogens is 1. The lowest BCUT2D eigenvalue weighted by Gasteiger charge is -2.28. The molecule has 1 aliphatic heterocycles. The number of benzene rings is 1. The van der Waals surface area contributed by atoms with Crippen molar-refractivity contribution in [1.29, 1.82) is 0 Å². The van der Waals surface area contributed by atoms with E-state index in [1.54, 1.807) is 13.8 Å². The summed E-state index contributed by atoms with van der Waals surface area (Å²) in [5.74, 6) is -1.12. The van der Waals surface area contributed by atoms with Crippen molar-refractivity contribution in [3.63, 3.8) is 0 Å². The zero-order chi connectivity index (χ0) is 21.8. The van der Waals surface area contributed by atoms with Gasteiger partial charge in [0.25, 0.3) is 0 Å². The van der Waals surface area contributed by atoms with Crippen LogP contribution in [-0.4, -0.2) is 42.2 Å². The van der Waals surface area contributed by atoms with Gasteiger partial charge in [0.1, 0.15) is 6.61 Å². The largest absolute Gasteiger partial charge is 0.463 e. The quantitative estimate of drug-likeness (QED) is 0.708. The Morgan fingerprint density at radius 1 is 1.10 bits per heavy atom. The highest BCUT2D eigenvalue weighted by atomic mass is 16.5. The highest BCUT2D eigenvalue weighted by Crippen LogP contribution is 2.24. The summed E-state index contributed by atoms with van der Waals surface area (Å²) >= 11 is 0. The third kappa shape index (κ3) is 4.12. The van der Waals surface area contributed by atoms with E-state index < -0.39 is 24.0 Å². The van der Waals surface area contributed by atoms with Gasteiger partial charge in [0.15, 0.2) is 0 Å². The monoisotopic (exact) mass is 411 g/mol. The number of hydrogen-bond acceptors (Lipinski definition) is 6. The maximum absolute atomic E-state index is 12.9. The zero-order valence-corrected chi connectivity index (χ0v) is 17.5. The van der Waals surface area contributed by atoms with Crippen LogP contribution in [0.15, 0.2) is 35.5 Å². The topological polar surface area (TPSA) is 107 Å². The van der Waals surface area contributed by atoms with Crippen LogP contribution in [0.4, 0.5) is 4.79 Å². The van der Waals surface area contributed by atoms with E-state index in [0.717, 1.165) is 16.5 Å². The van der Waals surface area contributed by atoms with Crippen LogP contribution in [0.25, 0.3) is 10.9 Å². The second-order valence-corrected chi connectivity index (χ2v) is 6.96. The number of esters is 2. The molecule has 0 spiro atoms. The molecule has 0 fully saturated rings. The van der Waals surface area contributed by atoms with Gasteiger partial charge in [0.05, 0.1) is 40.7 Å². The molecule has 3 rings (SSSR count). The number of carbonyl (C=O) groups is 3. The smallest absolute Gasteiger partial charge is 0.340 e. The summed E-state index contributed by atoms with van der Waals surface area (Å²) in [4.78, 5) is 41.8. The molecule has 1 aromatic carbocycles. The fraction of sp³-hybridized carbons (Fsp3) is 0.364.